The fraction of sp³-hybridized carbons (Fsp3) is 0.952. The summed E-state index contributed by atoms with van der Waals surface area (Å²) in [7, 11) is 0. The van der Waals surface area contributed by atoms with Gasteiger partial charge in [0.25, 0.3) is 0 Å². The molecule has 1 fully saturated rings. The van der Waals surface area contributed by atoms with Crippen molar-refractivity contribution in [3.05, 3.63) is 0 Å². The van der Waals surface area contributed by atoms with E-state index in [1.807, 2.05) is 0 Å². The third-order valence-corrected chi connectivity index (χ3v) is 5.67. The average Bonchev–Trinajstić information content (AvgIpc) is 2.59. The van der Waals surface area contributed by atoms with Gasteiger partial charge in [0.2, 0.25) is 0 Å². The molecule has 142 valence electrons. The molecule has 1 unspecified atom stereocenters. The number of nitrogens with two attached hydrogens (primary N) is 1. The van der Waals surface area contributed by atoms with Gasteiger partial charge in [0.1, 0.15) is 0 Å². The molecule has 0 aromatic rings. The van der Waals surface area contributed by atoms with E-state index in [1.165, 1.54) is 103 Å². The summed E-state index contributed by atoms with van der Waals surface area (Å²) in [5.41, 5.74) is 5.38. The number of carbonyl (C=O) groups excluding carboxylic acids is 1. The molecule has 1 atom stereocenters. The van der Waals surface area contributed by atoms with Crippen molar-refractivity contribution in [2.45, 2.75) is 122 Å². The van der Waals surface area contributed by atoms with Crippen LogP contribution < -0.4 is 11.1 Å². The highest BCUT2D eigenvalue weighted by Crippen LogP contribution is 2.28. The standard InChI is InChI=1S/C21H42N2O/c1-2-3-4-5-6-7-8-9-10-11-15-18-20(23-21(22)24)19-16-13-12-14-17-19/h19-20H,2-18H2,1H3,(H3,22,23,24). The Morgan fingerprint density at radius 2 is 1.38 bits per heavy atom. The van der Waals surface area contributed by atoms with E-state index in [0.717, 1.165) is 6.42 Å². The highest BCUT2D eigenvalue weighted by Gasteiger charge is 2.23. The van der Waals surface area contributed by atoms with Crippen LogP contribution in [-0.2, 0) is 0 Å². The van der Waals surface area contributed by atoms with E-state index < -0.39 is 0 Å². The van der Waals surface area contributed by atoms with Crippen LogP contribution in [0.5, 0.6) is 0 Å². The Hall–Kier alpha value is -0.730. The van der Waals surface area contributed by atoms with Gasteiger partial charge in [-0.05, 0) is 25.2 Å². The predicted octanol–water partition coefficient (Wildman–Crippen LogP) is 6.30. The molecule has 0 aliphatic heterocycles. The Morgan fingerprint density at radius 3 is 1.88 bits per heavy atom. The fourth-order valence-corrected chi connectivity index (χ4v) is 4.17. The molecule has 3 N–H and O–H groups in total. The molecule has 0 aromatic heterocycles. The van der Waals surface area contributed by atoms with Crippen LogP contribution >= 0.6 is 0 Å². The number of unbranched alkanes of at least 4 members (excludes halogenated alkanes) is 10. The molecular formula is C21H42N2O. The molecule has 1 rings (SSSR count). The molecule has 0 bridgehead atoms. The smallest absolute Gasteiger partial charge is 0.312 e. The molecule has 0 heterocycles. The second-order valence-corrected chi connectivity index (χ2v) is 7.84. The van der Waals surface area contributed by atoms with Crippen molar-refractivity contribution in [1.29, 1.82) is 0 Å². The number of primary amides is 1. The number of nitrogens with one attached hydrogen (secondary N) is 1. The lowest BCUT2D eigenvalue weighted by Gasteiger charge is -2.30. The topological polar surface area (TPSA) is 55.1 Å². The lowest BCUT2D eigenvalue weighted by molar-refractivity contribution is 0.223. The van der Waals surface area contributed by atoms with Crippen LogP contribution in [0.25, 0.3) is 0 Å². The Balaban J connectivity index is 2.01. The monoisotopic (exact) mass is 338 g/mol. The number of hydrogen-bond acceptors (Lipinski definition) is 1. The van der Waals surface area contributed by atoms with Gasteiger partial charge in [0.05, 0.1) is 0 Å². The normalized spacial score (nSPS) is 16.9. The number of amides is 2. The summed E-state index contributed by atoms with van der Waals surface area (Å²) in [4.78, 5) is 11.3. The fourth-order valence-electron chi connectivity index (χ4n) is 4.17. The van der Waals surface area contributed by atoms with E-state index in [-0.39, 0.29) is 6.03 Å². The molecule has 1 aliphatic rings. The molecule has 3 heteroatoms. The van der Waals surface area contributed by atoms with Crippen LogP contribution in [0.2, 0.25) is 0 Å². The van der Waals surface area contributed by atoms with Crippen LogP contribution in [0.4, 0.5) is 4.79 Å². The van der Waals surface area contributed by atoms with Crippen LogP contribution in [0, 0.1) is 5.92 Å². The number of urea groups is 1. The van der Waals surface area contributed by atoms with Crippen molar-refractivity contribution in [2.24, 2.45) is 11.7 Å². The summed E-state index contributed by atoms with van der Waals surface area (Å²) < 4.78 is 0. The van der Waals surface area contributed by atoms with Gasteiger partial charge < -0.3 is 11.1 Å². The molecule has 2 amide bonds. The molecule has 0 radical (unpaired) electrons. The van der Waals surface area contributed by atoms with Crippen molar-refractivity contribution in [3.63, 3.8) is 0 Å². The molecule has 0 aromatic carbocycles. The lowest BCUT2D eigenvalue weighted by Crippen LogP contribution is -2.43. The third kappa shape index (κ3) is 10.9. The maximum atomic E-state index is 11.3. The van der Waals surface area contributed by atoms with Gasteiger partial charge in [-0.3, -0.25) is 0 Å². The molecule has 1 saturated carbocycles. The second kappa shape index (κ2) is 14.6. The van der Waals surface area contributed by atoms with Gasteiger partial charge in [-0.1, -0.05) is 96.8 Å². The first-order chi connectivity index (χ1) is 11.7. The first kappa shape index (κ1) is 21.3. The number of carbonyl (C=O) groups is 1. The number of hydrogen-bond donors (Lipinski definition) is 2. The Kier molecular flexibility index (Phi) is 13.0. The van der Waals surface area contributed by atoms with Crippen molar-refractivity contribution in [1.82, 2.24) is 5.32 Å². The van der Waals surface area contributed by atoms with E-state index >= 15 is 0 Å². The van der Waals surface area contributed by atoms with Gasteiger partial charge >= 0.3 is 6.03 Å². The zero-order valence-electron chi connectivity index (χ0n) is 16.2. The van der Waals surface area contributed by atoms with Gasteiger partial charge in [-0.2, -0.15) is 0 Å². The Bertz CT molecular complexity index is 300. The molecule has 24 heavy (non-hydrogen) atoms. The lowest BCUT2D eigenvalue weighted by atomic mass is 9.82. The van der Waals surface area contributed by atoms with Gasteiger partial charge in [0, 0.05) is 6.04 Å². The highest BCUT2D eigenvalue weighted by atomic mass is 16.2. The number of rotatable bonds is 14. The van der Waals surface area contributed by atoms with Crippen molar-refractivity contribution in [2.75, 3.05) is 0 Å². The highest BCUT2D eigenvalue weighted by molar-refractivity contribution is 5.71. The molecule has 3 nitrogen and oxygen atoms in total. The van der Waals surface area contributed by atoms with Crippen molar-refractivity contribution in [3.8, 4) is 0 Å². The first-order valence-corrected chi connectivity index (χ1v) is 10.8. The second-order valence-electron chi connectivity index (χ2n) is 7.84. The molecule has 0 spiro atoms. The van der Waals surface area contributed by atoms with E-state index in [0.29, 0.717) is 12.0 Å². The summed E-state index contributed by atoms with van der Waals surface area (Å²) in [5, 5.41) is 3.02. The predicted molar refractivity (Wildman–Crippen MR) is 104 cm³/mol. The van der Waals surface area contributed by atoms with Gasteiger partial charge in [-0.15, -0.1) is 0 Å². The summed E-state index contributed by atoms with van der Waals surface area (Å²) in [6.07, 6.45) is 22.7. The van der Waals surface area contributed by atoms with Crippen LogP contribution in [0.15, 0.2) is 0 Å². The average molecular weight is 339 g/mol. The summed E-state index contributed by atoms with van der Waals surface area (Å²) in [6.45, 7) is 2.28. The van der Waals surface area contributed by atoms with Crippen LogP contribution in [-0.4, -0.2) is 12.1 Å². The minimum absolute atomic E-state index is 0.321. The maximum Gasteiger partial charge on any atom is 0.312 e. The quantitative estimate of drug-likeness (QED) is 0.358. The summed E-state index contributed by atoms with van der Waals surface area (Å²) in [6, 6.07) is -0.0185. The Labute approximate surface area is 150 Å². The zero-order chi connectivity index (χ0) is 17.5. The molecule has 0 saturated heterocycles. The molecule has 1 aliphatic carbocycles. The first-order valence-electron chi connectivity index (χ1n) is 10.8. The van der Waals surface area contributed by atoms with E-state index in [2.05, 4.69) is 12.2 Å². The van der Waals surface area contributed by atoms with Gasteiger partial charge in [0.15, 0.2) is 0 Å². The van der Waals surface area contributed by atoms with E-state index in [4.69, 9.17) is 5.73 Å². The zero-order valence-corrected chi connectivity index (χ0v) is 16.2. The van der Waals surface area contributed by atoms with Crippen LogP contribution in [0.3, 0.4) is 0 Å². The van der Waals surface area contributed by atoms with Crippen molar-refractivity contribution < 1.29 is 4.79 Å². The van der Waals surface area contributed by atoms with Crippen LogP contribution in [0.1, 0.15) is 116 Å². The maximum absolute atomic E-state index is 11.3. The van der Waals surface area contributed by atoms with Crippen molar-refractivity contribution >= 4 is 6.03 Å². The summed E-state index contributed by atoms with van der Waals surface area (Å²) >= 11 is 0. The largest absolute Gasteiger partial charge is 0.352 e. The summed E-state index contributed by atoms with van der Waals surface area (Å²) in [5.74, 6) is 0.661. The minimum Gasteiger partial charge on any atom is -0.352 e. The molecular weight excluding hydrogens is 296 g/mol. The minimum atomic E-state index is -0.339. The van der Waals surface area contributed by atoms with E-state index in [9.17, 15) is 4.79 Å². The third-order valence-electron chi connectivity index (χ3n) is 5.67. The SMILES string of the molecule is CCCCCCCCCCCCCC(NC(N)=O)C1CCCCC1. The van der Waals surface area contributed by atoms with E-state index in [1.54, 1.807) is 0 Å². The Morgan fingerprint density at radius 1 is 0.875 bits per heavy atom. The van der Waals surface area contributed by atoms with Gasteiger partial charge in [-0.25, -0.2) is 4.79 Å².